The molecule has 7 heteroatoms. The minimum atomic E-state index is -0.443. The van der Waals surface area contributed by atoms with Gasteiger partial charge in [-0.05, 0) is 19.9 Å². The van der Waals surface area contributed by atoms with E-state index in [-0.39, 0.29) is 6.61 Å². The number of nitrogen functional groups attached to an aromatic ring is 1. The number of nitrogens with two attached hydrogens (primary N) is 1. The number of carbonyl (C=O) groups is 1. The van der Waals surface area contributed by atoms with Crippen LogP contribution >= 0.6 is 11.6 Å². The van der Waals surface area contributed by atoms with Crippen molar-refractivity contribution in [1.29, 1.82) is 0 Å². The van der Waals surface area contributed by atoms with Gasteiger partial charge in [-0.3, -0.25) is 4.68 Å². The van der Waals surface area contributed by atoms with Gasteiger partial charge < -0.3 is 15.0 Å². The van der Waals surface area contributed by atoms with Crippen LogP contribution in [0.1, 0.15) is 28.8 Å². The Hall–Kier alpha value is -1.95. The molecule has 0 radical (unpaired) electrons. The van der Waals surface area contributed by atoms with E-state index in [0.29, 0.717) is 28.6 Å². The lowest BCUT2D eigenvalue weighted by molar-refractivity contribution is 0.0451. The summed E-state index contributed by atoms with van der Waals surface area (Å²) in [7, 11) is 1.74. The Morgan fingerprint density at radius 2 is 2.25 bits per heavy atom. The van der Waals surface area contributed by atoms with Crippen LogP contribution < -0.4 is 5.73 Å². The molecule has 0 aliphatic carbocycles. The number of ether oxygens (including phenoxy) is 1. The first-order valence-electron chi connectivity index (χ1n) is 6.24. The van der Waals surface area contributed by atoms with Crippen molar-refractivity contribution < 1.29 is 9.53 Å². The first-order chi connectivity index (χ1) is 9.43. The average Bonchev–Trinajstić information content (AvgIpc) is 2.88. The Morgan fingerprint density at radius 1 is 1.55 bits per heavy atom. The number of hydrogen-bond donors (Lipinski definition) is 1. The predicted octanol–water partition coefficient (Wildman–Crippen LogP) is 2.14. The van der Waals surface area contributed by atoms with Crippen LogP contribution in [-0.2, 0) is 24.9 Å². The van der Waals surface area contributed by atoms with Crippen LogP contribution in [-0.4, -0.2) is 20.3 Å². The molecule has 108 valence electrons. The van der Waals surface area contributed by atoms with Crippen molar-refractivity contribution in [3.63, 3.8) is 0 Å². The summed E-state index contributed by atoms with van der Waals surface area (Å²) in [4.78, 5) is 12.0. The highest BCUT2D eigenvalue weighted by Crippen LogP contribution is 2.21. The van der Waals surface area contributed by atoms with Gasteiger partial charge in [-0.15, -0.1) is 0 Å². The van der Waals surface area contributed by atoms with Gasteiger partial charge in [-0.25, -0.2) is 4.79 Å². The highest BCUT2D eigenvalue weighted by atomic mass is 35.5. The zero-order valence-electron chi connectivity index (χ0n) is 11.7. The Bertz CT molecular complexity index is 645. The Balaban J connectivity index is 2.13. The predicted molar refractivity (Wildman–Crippen MR) is 76.6 cm³/mol. The Kier molecular flexibility index (Phi) is 4.04. The second-order valence-corrected chi connectivity index (χ2v) is 4.89. The molecule has 0 bridgehead atoms. The first-order valence-corrected chi connectivity index (χ1v) is 6.62. The van der Waals surface area contributed by atoms with E-state index in [1.165, 1.54) is 0 Å². The van der Waals surface area contributed by atoms with E-state index in [4.69, 9.17) is 22.1 Å². The van der Waals surface area contributed by atoms with Gasteiger partial charge in [0, 0.05) is 19.8 Å². The third-order valence-electron chi connectivity index (χ3n) is 3.03. The molecular formula is C13H17ClN4O2. The van der Waals surface area contributed by atoms with Gasteiger partial charge in [0.15, 0.2) is 0 Å². The van der Waals surface area contributed by atoms with Crippen molar-refractivity contribution in [3.8, 4) is 0 Å². The largest absolute Gasteiger partial charge is 0.454 e. The minimum Gasteiger partial charge on any atom is -0.454 e. The van der Waals surface area contributed by atoms with Crippen molar-refractivity contribution in [2.24, 2.45) is 7.05 Å². The molecule has 0 fully saturated rings. The van der Waals surface area contributed by atoms with Crippen molar-refractivity contribution in [3.05, 3.63) is 34.4 Å². The fourth-order valence-corrected chi connectivity index (χ4v) is 2.20. The SMILES string of the molecule is CCn1nc(C)c(Cl)c1COC(=O)c1cc(N)cn1C. The molecule has 0 aliphatic heterocycles. The summed E-state index contributed by atoms with van der Waals surface area (Å²) in [5.74, 6) is -0.443. The monoisotopic (exact) mass is 296 g/mol. The van der Waals surface area contributed by atoms with E-state index < -0.39 is 5.97 Å². The van der Waals surface area contributed by atoms with Crippen molar-refractivity contribution in [2.45, 2.75) is 27.0 Å². The van der Waals surface area contributed by atoms with Gasteiger partial charge in [0.1, 0.15) is 12.3 Å². The molecule has 20 heavy (non-hydrogen) atoms. The summed E-state index contributed by atoms with van der Waals surface area (Å²) in [6.07, 6.45) is 1.66. The van der Waals surface area contributed by atoms with Gasteiger partial charge >= 0.3 is 5.97 Å². The summed E-state index contributed by atoms with van der Waals surface area (Å²) in [6, 6.07) is 1.58. The Labute approximate surface area is 122 Å². The molecule has 2 rings (SSSR count). The Morgan fingerprint density at radius 3 is 2.80 bits per heavy atom. The topological polar surface area (TPSA) is 75.1 Å². The fraction of sp³-hybridized carbons (Fsp3) is 0.385. The molecule has 2 aromatic rings. The lowest BCUT2D eigenvalue weighted by atomic mass is 10.3. The normalized spacial score (nSPS) is 10.8. The quantitative estimate of drug-likeness (QED) is 0.877. The molecule has 0 saturated carbocycles. The van der Waals surface area contributed by atoms with Crippen LogP contribution in [0, 0.1) is 6.92 Å². The van der Waals surface area contributed by atoms with Gasteiger partial charge in [-0.1, -0.05) is 11.6 Å². The number of aromatic nitrogens is 3. The molecule has 0 spiro atoms. The van der Waals surface area contributed by atoms with E-state index in [2.05, 4.69) is 5.10 Å². The summed E-state index contributed by atoms with van der Waals surface area (Å²) >= 11 is 6.16. The molecule has 0 saturated heterocycles. The lowest BCUT2D eigenvalue weighted by Gasteiger charge is -2.07. The van der Waals surface area contributed by atoms with Crippen LogP contribution in [0.3, 0.4) is 0 Å². The second-order valence-electron chi connectivity index (χ2n) is 4.51. The highest BCUT2D eigenvalue weighted by molar-refractivity contribution is 6.31. The summed E-state index contributed by atoms with van der Waals surface area (Å²) < 4.78 is 8.64. The van der Waals surface area contributed by atoms with Gasteiger partial charge in [0.2, 0.25) is 0 Å². The smallest absolute Gasteiger partial charge is 0.355 e. The molecular weight excluding hydrogens is 280 g/mol. The first kappa shape index (κ1) is 14.5. The van der Waals surface area contributed by atoms with Gasteiger partial charge in [-0.2, -0.15) is 5.10 Å². The maximum absolute atomic E-state index is 12.0. The van der Waals surface area contributed by atoms with Crippen LogP contribution in [0.25, 0.3) is 0 Å². The van der Waals surface area contributed by atoms with Crippen LogP contribution in [0.5, 0.6) is 0 Å². The van der Waals surface area contributed by atoms with E-state index in [1.807, 2.05) is 13.8 Å². The number of nitrogens with zero attached hydrogens (tertiary/aromatic N) is 3. The zero-order chi connectivity index (χ0) is 14.9. The lowest BCUT2D eigenvalue weighted by Crippen LogP contribution is -2.12. The maximum Gasteiger partial charge on any atom is 0.355 e. The second kappa shape index (κ2) is 5.58. The average molecular weight is 297 g/mol. The van der Waals surface area contributed by atoms with E-state index in [1.54, 1.807) is 28.6 Å². The molecule has 2 aromatic heterocycles. The van der Waals surface area contributed by atoms with E-state index in [9.17, 15) is 4.79 Å². The van der Waals surface area contributed by atoms with Crippen LogP contribution in [0.15, 0.2) is 12.3 Å². The molecule has 2 heterocycles. The third kappa shape index (κ3) is 2.65. The molecule has 0 aliphatic rings. The molecule has 0 atom stereocenters. The van der Waals surface area contributed by atoms with Crippen molar-refractivity contribution >= 4 is 23.3 Å². The molecule has 0 aromatic carbocycles. The summed E-state index contributed by atoms with van der Waals surface area (Å²) in [6.45, 7) is 4.51. The number of aryl methyl sites for hydroxylation is 3. The van der Waals surface area contributed by atoms with Gasteiger partial charge in [0.05, 0.1) is 22.1 Å². The molecule has 0 unspecified atom stereocenters. The number of anilines is 1. The zero-order valence-corrected chi connectivity index (χ0v) is 12.4. The number of halogens is 1. The summed E-state index contributed by atoms with van der Waals surface area (Å²) in [5, 5.41) is 4.80. The fourth-order valence-electron chi connectivity index (χ4n) is 2.01. The number of hydrogen-bond acceptors (Lipinski definition) is 4. The van der Waals surface area contributed by atoms with Crippen molar-refractivity contribution in [1.82, 2.24) is 14.3 Å². The maximum atomic E-state index is 12.0. The summed E-state index contributed by atoms with van der Waals surface area (Å²) in [5.41, 5.74) is 7.98. The van der Waals surface area contributed by atoms with Gasteiger partial charge in [0.25, 0.3) is 0 Å². The van der Waals surface area contributed by atoms with E-state index >= 15 is 0 Å². The van der Waals surface area contributed by atoms with Crippen LogP contribution in [0.2, 0.25) is 5.02 Å². The standard InChI is InChI=1S/C13H17ClN4O2/c1-4-18-11(12(14)8(2)16-18)7-20-13(19)10-5-9(15)6-17(10)3/h5-6H,4,7,15H2,1-3H3. The minimum absolute atomic E-state index is 0.0808. The van der Waals surface area contributed by atoms with Crippen molar-refractivity contribution in [2.75, 3.05) is 5.73 Å². The number of carbonyl (C=O) groups excluding carboxylic acids is 1. The number of rotatable bonds is 4. The van der Waals surface area contributed by atoms with E-state index in [0.717, 1.165) is 5.69 Å². The molecule has 0 amide bonds. The third-order valence-corrected chi connectivity index (χ3v) is 3.52. The highest BCUT2D eigenvalue weighted by Gasteiger charge is 2.17. The number of esters is 1. The molecule has 2 N–H and O–H groups in total. The molecule has 6 nitrogen and oxygen atoms in total. The van der Waals surface area contributed by atoms with Crippen LogP contribution in [0.4, 0.5) is 5.69 Å².